The van der Waals surface area contributed by atoms with Gasteiger partial charge in [-0.05, 0) is 43.9 Å². The Bertz CT molecular complexity index is 906. The molecular formula is C22H29F6N3O6. The molecule has 0 bridgehead atoms. The second-order valence-electron chi connectivity index (χ2n) is 10.2. The highest BCUT2D eigenvalue weighted by atomic mass is 19.4. The molecule has 3 N–H and O–H groups in total. The second-order valence-corrected chi connectivity index (χ2v) is 10.2. The van der Waals surface area contributed by atoms with Crippen molar-refractivity contribution in [3.8, 4) is 0 Å². The van der Waals surface area contributed by atoms with E-state index < -0.39 is 84.5 Å². The number of carbonyl (C=O) groups excluding carboxylic acids is 4. The van der Waals surface area contributed by atoms with Crippen LogP contribution in [-0.2, 0) is 23.9 Å². The van der Waals surface area contributed by atoms with Gasteiger partial charge >= 0.3 is 12.5 Å². The summed E-state index contributed by atoms with van der Waals surface area (Å²) in [6.07, 6.45) is -11.3. The van der Waals surface area contributed by atoms with Crippen molar-refractivity contribution >= 4 is 23.5 Å². The Morgan fingerprint density at radius 2 is 1.86 bits per heavy atom. The maximum Gasteiger partial charge on any atom is 0.522 e. The fourth-order valence-corrected chi connectivity index (χ4v) is 4.77. The first-order valence-electron chi connectivity index (χ1n) is 11.9. The van der Waals surface area contributed by atoms with E-state index in [0.717, 1.165) is 11.8 Å². The molecule has 1 aliphatic carbocycles. The van der Waals surface area contributed by atoms with Crippen molar-refractivity contribution in [3.63, 3.8) is 0 Å². The van der Waals surface area contributed by atoms with Crippen LogP contribution in [0.2, 0.25) is 0 Å². The van der Waals surface area contributed by atoms with Gasteiger partial charge in [0, 0.05) is 19.0 Å². The molecule has 0 aromatic heterocycles. The van der Waals surface area contributed by atoms with Gasteiger partial charge in [-0.2, -0.15) is 13.2 Å². The predicted molar refractivity (Wildman–Crippen MR) is 112 cm³/mol. The van der Waals surface area contributed by atoms with Crippen LogP contribution in [0.3, 0.4) is 0 Å². The number of alkyl halides is 6. The van der Waals surface area contributed by atoms with Crippen molar-refractivity contribution in [3.05, 3.63) is 0 Å². The third-order valence-electron chi connectivity index (χ3n) is 7.24. The zero-order valence-electron chi connectivity index (χ0n) is 20.0. The zero-order valence-corrected chi connectivity index (χ0v) is 20.0. The summed E-state index contributed by atoms with van der Waals surface area (Å²) in [7, 11) is 0. The maximum atomic E-state index is 13.2. The number of carbonyl (C=O) groups is 4. The lowest BCUT2D eigenvalue weighted by Gasteiger charge is -2.29. The lowest BCUT2D eigenvalue weighted by Crippen LogP contribution is -2.54. The third kappa shape index (κ3) is 7.55. The van der Waals surface area contributed by atoms with Crippen LogP contribution in [-0.4, -0.2) is 83.9 Å². The molecule has 9 nitrogen and oxygen atoms in total. The van der Waals surface area contributed by atoms with E-state index in [1.165, 1.54) is 0 Å². The van der Waals surface area contributed by atoms with Gasteiger partial charge in [-0.25, -0.2) is 0 Å². The number of rotatable bonds is 10. The molecule has 15 heteroatoms. The summed E-state index contributed by atoms with van der Waals surface area (Å²) in [5.74, 6) is -6.27. The van der Waals surface area contributed by atoms with Crippen LogP contribution in [0.15, 0.2) is 0 Å². The number of ketones is 1. The third-order valence-corrected chi connectivity index (χ3v) is 7.24. The number of nitrogens with zero attached hydrogens (tertiary/aromatic N) is 1. The molecule has 5 atom stereocenters. The number of aliphatic hydroxyl groups excluding tert-OH is 1. The van der Waals surface area contributed by atoms with Gasteiger partial charge in [0.25, 0.3) is 5.91 Å². The molecule has 2 saturated heterocycles. The van der Waals surface area contributed by atoms with E-state index in [4.69, 9.17) is 0 Å². The number of halogens is 6. The van der Waals surface area contributed by atoms with E-state index in [1.807, 2.05) is 0 Å². The molecule has 0 aromatic carbocycles. The topological polar surface area (TPSA) is 125 Å². The summed E-state index contributed by atoms with van der Waals surface area (Å²) >= 11 is 0. The number of ether oxygens (including phenoxy) is 1. The smallest absolute Gasteiger partial charge is 0.383 e. The largest absolute Gasteiger partial charge is 0.522 e. The van der Waals surface area contributed by atoms with E-state index in [2.05, 4.69) is 15.4 Å². The summed E-state index contributed by atoms with van der Waals surface area (Å²) in [5, 5.41) is 15.0. The normalized spacial score (nSPS) is 25.5. The van der Waals surface area contributed by atoms with Crippen molar-refractivity contribution in [1.29, 1.82) is 0 Å². The Labute approximate surface area is 208 Å². The lowest BCUT2D eigenvalue weighted by atomic mass is 9.95. The molecule has 1 unspecified atom stereocenters. The van der Waals surface area contributed by atoms with Crippen molar-refractivity contribution in [2.24, 2.45) is 17.3 Å². The fourth-order valence-electron chi connectivity index (χ4n) is 4.77. The summed E-state index contributed by atoms with van der Waals surface area (Å²) in [5.41, 5.74) is -0.447. The molecule has 2 heterocycles. The van der Waals surface area contributed by atoms with Gasteiger partial charge in [-0.3, -0.25) is 23.9 Å². The van der Waals surface area contributed by atoms with Gasteiger partial charge in [0.2, 0.25) is 11.8 Å². The van der Waals surface area contributed by atoms with Crippen LogP contribution >= 0.6 is 0 Å². The maximum absolute atomic E-state index is 13.2. The molecule has 3 aliphatic rings. The Balaban J connectivity index is 1.73. The van der Waals surface area contributed by atoms with Crippen LogP contribution in [0.4, 0.5) is 26.3 Å². The lowest BCUT2D eigenvalue weighted by molar-refractivity contribution is -0.321. The van der Waals surface area contributed by atoms with Crippen LogP contribution in [0, 0.1) is 17.3 Å². The highest BCUT2D eigenvalue weighted by Gasteiger charge is 2.56. The summed E-state index contributed by atoms with van der Waals surface area (Å²) in [6.45, 7) is -0.291. The van der Waals surface area contributed by atoms with Crippen LogP contribution in [0.1, 0.15) is 45.4 Å². The molecule has 1 spiro atoms. The number of Topliss-reactive ketones (excluding diaryl/α,β-unsaturated/α-hetero) is 1. The highest BCUT2D eigenvalue weighted by Crippen LogP contribution is 2.55. The van der Waals surface area contributed by atoms with E-state index in [0.29, 0.717) is 25.8 Å². The number of aliphatic hydroxyl groups is 1. The molecule has 2 aliphatic heterocycles. The number of hydrogen-bond donors (Lipinski definition) is 3. The molecule has 37 heavy (non-hydrogen) atoms. The van der Waals surface area contributed by atoms with Gasteiger partial charge < -0.3 is 20.6 Å². The second kappa shape index (κ2) is 10.8. The first-order chi connectivity index (χ1) is 17.0. The molecule has 1 saturated carbocycles. The van der Waals surface area contributed by atoms with Gasteiger partial charge in [0.05, 0.1) is 12.0 Å². The van der Waals surface area contributed by atoms with Crippen molar-refractivity contribution in [1.82, 2.24) is 15.5 Å². The fraction of sp³-hybridized carbons (Fsp3) is 0.818. The first kappa shape index (κ1) is 29.1. The number of amides is 3. The zero-order chi connectivity index (χ0) is 27.8. The van der Waals surface area contributed by atoms with Gasteiger partial charge in [0.1, 0.15) is 18.8 Å². The molecule has 0 aromatic rings. The highest BCUT2D eigenvalue weighted by molar-refractivity contribution is 5.95. The SMILES string of the molecule is C[C@H](C[C@@H](O)C(=O)N1CC2(CC2)C[C@H]1C(=O)NC(C[C@@H]1CCNC1=O)C(=O)COC(F)(F)F)C(F)(F)F. The van der Waals surface area contributed by atoms with Crippen LogP contribution in [0.25, 0.3) is 0 Å². The number of likely N-dealkylation sites (tertiary alicyclic amines) is 1. The molecule has 3 amide bonds. The minimum atomic E-state index is -5.11. The molecule has 3 rings (SSSR count). The first-order valence-corrected chi connectivity index (χ1v) is 11.9. The molecule has 210 valence electrons. The standard InChI is InChI=1S/C22H29F6N3O6/c1-11(21(23,24)25)6-15(32)19(36)31-10-20(3-4-20)8-14(31)18(35)30-13(7-12-2-5-29-17(12)34)16(33)9-37-22(26,27)28/h11-15,32H,2-10H2,1H3,(H,29,34)(H,30,35)/t11-,12+,13?,14+,15-/m1/s1. The van der Waals surface area contributed by atoms with Crippen LogP contribution in [0.5, 0.6) is 0 Å². The quantitative estimate of drug-likeness (QED) is 0.357. The summed E-state index contributed by atoms with van der Waals surface area (Å²) < 4.78 is 79.7. The molecule has 0 radical (unpaired) electrons. The monoisotopic (exact) mass is 545 g/mol. The summed E-state index contributed by atoms with van der Waals surface area (Å²) in [6, 6.07) is -2.78. The summed E-state index contributed by atoms with van der Waals surface area (Å²) in [4.78, 5) is 51.5. The van der Waals surface area contributed by atoms with E-state index in [-0.39, 0.29) is 19.4 Å². The Morgan fingerprint density at radius 3 is 2.38 bits per heavy atom. The van der Waals surface area contributed by atoms with Crippen molar-refractivity contribution in [2.75, 3.05) is 19.7 Å². The Kier molecular flexibility index (Phi) is 8.47. The van der Waals surface area contributed by atoms with Crippen molar-refractivity contribution in [2.45, 2.75) is 76.2 Å². The molecular weight excluding hydrogens is 516 g/mol. The van der Waals surface area contributed by atoms with Gasteiger partial charge in [0.15, 0.2) is 5.78 Å². The van der Waals surface area contributed by atoms with Crippen molar-refractivity contribution < 1.29 is 55.4 Å². The average Bonchev–Trinajstić information content (AvgIpc) is 3.24. The van der Waals surface area contributed by atoms with Gasteiger partial charge in [-0.1, -0.05) is 6.92 Å². The van der Waals surface area contributed by atoms with E-state index in [1.54, 1.807) is 0 Å². The van der Waals surface area contributed by atoms with Gasteiger partial charge in [-0.15, -0.1) is 13.2 Å². The minimum Gasteiger partial charge on any atom is -0.383 e. The number of hydrogen-bond acceptors (Lipinski definition) is 6. The Hall–Kier alpha value is -2.42. The predicted octanol–water partition coefficient (Wildman–Crippen LogP) is 1.43. The van der Waals surface area contributed by atoms with E-state index in [9.17, 15) is 50.6 Å². The minimum absolute atomic E-state index is 0.0161. The average molecular weight is 545 g/mol. The molecule has 3 fully saturated rings. The Morgan fingerprint density at radius 1 is 1.22 bits per heavy atom. The van der Waals surface area contributed by atoms with Crippen LogP contribution < -0.4 is 10.6 Å². The van der Waals surface area contributed by atoms with E-state index >= 15 is 0 Å². The number of nitrogens with one attached hydrogen (secondary N) is 2.